The fourth-order valence-electron chi connectivity index (χ4n) is 1.95. The van der Waals surface area contributed by atoms with E-state index < -0.39 is 0 Å². The smallest absolute Gasteiger partial charge is 0.121 e. The molecule has 2 aromatic heterocycles. The minimum atomic E-state index is 0.787. The molecule has 0 saturated heterocycles. The summed E-state index contributed by atoms with van der Waals surface area (Å²) in [5, 5.41) is 1.12. The Morgan fingerprint density at radius 2 is 2.22 bits per heavy atom. The summed E-state index contributed by atoms with van der Waals surface area (Å²) in [6, 6.07) is 8.06. The van der Waals surface area contributed by atoms with Crippen molar-refractivity contribution >= 4 is 10.9 Å². The molecule has 0 spiro atoms. The molecule has 0 aliphatic rings. The molecule has 0 aliphatic carbocycles. The van der Waals surface area contributed by atoms with E-state index in [-0.39, 0.29) is 0 Å². The van der Waals surface area contributed by atoms with Crippen molar-refractivity contribution in [2.24, 2.45) is 0 Å². The monoisotopic (exact) mass is 239 g/mol. The predicted octanol–water partition coefficient (Wildman–Crippen LogP) is 2.49. The molecular formula is C14H13N3O. The summed E-state index contributed by atoms with van der Waals surface area (Å²) in [5.74, 6) is 0.831. The Morgan fingerprint density at radius 3 is 3.00 bits per heavy atom. The summed E-state index contributed by atoms with van der Waals surface area (Å²) >= 11 is 0. The summed E-state index contributed by atoms with van der Waals surface area (Å²) in [7, 11) is 1.66. The fourth-order valence-corrected chi connectivity index (χ4v) is 1.95. The number of rotatable bonds is 3. The Balaban J connectivity index is 1.96. The third-order valence-electron chi connectivity index (χ3n) is 2.87. The van der Waals surface area contributed by atoms with E-state index in [9.17, 15) is 0 Å². The van der Waals surface area contributed by atoms with Gasteiger partial charge in [0.15, 0.2) is 0 Å². The van der Waals surface area contributed by atoms with Gasteiger partial charge < -0.3 is 9.30 Å². The maximum Gasteiger partial charge on any atom is 0.121 e. The standard InChI is InChI=1S/C14H13N3O/c1-18-13-3-2-12-6-11(8-16-14(12)7-13)9-17-5-4-15-10-17/h2-8,10H,9H2,1H3. The molecular weight excluding hydrogens is 226 g/mol. The molecule has 4 nitrogen and oxygen atoms in total. The van der Waals surface area contributed by atoms with Crippen LogP contribution in [-0.2, 0) is 6.54 Å². The van der Waals surface area contributed by atoms with E-state index in [2.05, 4.69) is 16.0 Å². The molecule has 0 saturated carbocycles. The number of methoxy groups -OCH3 is 1. The zero-order chi connectivity index (χ0) is 12.4. The lowest BCUT2D eigenvalue weighted by Crippen LogP contribution is -1.97. The second kappa shape index (κ2) is 4.49. The van der Waals surface area contributed by atoms with Crippen molar-refractivity contribution in [2.75, 3.05) is 7.11 Å². The molecule has 0 fully saturated rings. The number of benzene rings is 1. The highest BCUT2D eigenvalue weighted by Gasteiger charge is 2.00. The second-order valence-electron chi connectivity index (χ2n) is 4.14. The normalized spacial score (nSPS) is 10.7. The predicted molar refractivity (Wildman–Crippen MR) is 69.6 cm³/mol. The minimum absolute atomic E-state index is 0.787. The molecule has 0 atom stereocenters. The molecule has 18 heavy (non-hydrogen) atoms. The Kier molecular flexibility index (Phi) is 2.68. The fraction of sp³-hybridized carbons (Fsp3) is 0.143. The number of ether oxygens (including phenoxy) is 1. The summed E-state index contributed by atoms with van der Waals surface area (Å²) in [5.41, 5.74) is 2.11. The van der Waals surface area contributed by atoms with Crippen molar-refractivity contribution < 1.29 is 4.74 Å². The zero-order valence-electron chi connectivity index (χ0n) is 10.1. The van der Waals surface area contributed by atoms with Crippen LogP contribution in [0.15, 0.2) is 49.2 Å². The van der Waals surface area contributed by atoms with Crippen LogP contribution in [0.2, 0.25) is 0 Å². The van der Waals surface area contributed by atoms with Gasteiger partial charge >= 0.3 is 0 Å². The van der Waals surface area contributed by atoms with Crippen LogP contribution in [0.3, 0.4) is 0 Å². The number of nitrogens with zero attached hydrogens (tertiary/aromatic N) is 3. The van der Waals surface area contributed by atoms with Crippen molar-refractivity contribution in [2.45, 2.75) is 6.54 Å². The second-order valence-corrected chi connectivity index (χ2v) is 4.14. The first-order valence-corrected chi connectivity index (χ1v) is 5.73. The number of hydrogen-bond acceptors (Lipinski definition) is 3. The lowest BCUT2D eigenvalue weighted by Gasteiger charge is -2.05. The molecule has 0 bridgehead atoms. The van der Waals surface area contributed by atoms with E-state index in [1.54, 1.807) is 19.6 Å². The van der Waals surface area contributed by atoms with Gasteiger partial charge in [-0.25, -0.2) is 4.98 Å². The van der Waals surface area contributed by atoms with Gasteiger partial charge in [0.05, 0.1) is 25.5 Å². The van der Waals surface area contributed by atoms with Crippen LogP contribution in [0.1, 0.15) is 5.56 Å². The van der Waals surface area contributed by atoms with Crippen molar-refractivity contribution in [3.8, 4) is 5.75 Å². The molecule has 3 aromatic rings. The van der Waals surface area contributed by atoms with Crippen LogP contribution in [-0.4, -0.2) is 21.6 Å². The molecule has 3 rings (SSSR count). The zero-order valence-corrected chi connectivity index (χ0v) is 10.1. The Labute approximate surface area is 105 Å². The highest BCUT2D eigenvalue weighted by Crippen LogP contribution is 2.20. The summed E-state index contributed by atoms with van der Waals surface area (Å²) in [6.07, 6.45) is 7.41. The molecule has 0 aliphatic heterocycles. The SMILES string of the molecule is COc1ccc2cc(Cn3ccnc3)cnc2c1. The van der Waals surface area contributed by atoms with Crippen LogP contribution in [0.5, 0.6) is 5.75 Å². The maximum atomic E-state index is 5.19. The van der Waals surface area contributed by atoms with Crippen LogP contribution < -0.4 is 4.74 Å². The molecule has 0 amide bonds. The topological polar surface area (TPSA) is 39.9 Å². The van der Waals surface area contributed by atoms with Gasteiger partial charge in [-0.2, -0.15) is 0 Å². The van der Waals surface area contributed by atoms with Gasteiger partial charge in [0.2, 0.25) is 0 Å². The quantitative estimate of drug-likeness (QED) is 0.705. The van der Waals surface area contributed by atoms with Crippen LogP contribution in [0.4, 0.5) is 0 Å². The van der Waals surface area contributed by atoms with Crippen molar-refractivity contribution in [1.29, 1.82) is 0 Å². The molecule has 2 heterocycles. The molecule has 1 aromatic carbocycles. The van der Waals surface area contributed by atoms with Crippen molar-refractivity contribution in [3.63, 3.8) is 0 Å². The largest absolute Gasteiger partial charge is 0.497 e. The molecule has 0 unspecified atom stereocenters. The van der Waals surface area contributed by atoms with E-state index in [1.165, 1.54) is 0 Å². The van der Waals surface area contributed by atoms with Crippen molar-refractivity contribution in [1.82, 2.24) is 14.5 Å². The van der Waals surface area contributed by atoms with E-state index >= 15 is 0 Å². The average Bonchev–Trinajstić information content (AvgIpc) is 2.91. The lowest BCUT2D eigenvalue weighted by atomic mass is 10.1. The summed E-state index contributed by atoms with van der Waals surface area (Å²) in [4.78, 5) is 8.49. The Hall–Kier alpha value is -2.36. The number of hydrogen-bond donors (Lipinski definition) is 0. The lowest BCUT2D eigenvalue weighted by molar-refractivity contribution is 0.415. The van der Waals surface area contributed by atoms with Gasteiger partial charge in [0.25, 0.3) is 0 Å². The third kappa shape index (κ3) is 2.05. The van der Waals surface area contributed by atoms with Gasteiger partial charge in [-0.1, -0.05) is 0 Å². The number of imidazole rings is 1. The Bertz CT molecular complexity index is 662. The van der Waals surface area contributed by atoms with Gasteiger partial charge in [-0.05, 0) is 23.8 Å². The first-order chi connectivity index (χ1) is 8.85. The number of fused-ring (bicyclic) bond motifs is 1. The number of aromatic nitrogens is 3. The van der Waals surface area contributed by atoms with E-state index in [0.29, 0.717) is 0 Å². The van der Waals surface area contributed by atoms with Crippen molar-refractivity contribution in [3.05, 3.63) is 54.7 Å². The van der Waals surface area contributed by atoms with E-state index in [1.807, 2.05) is 35.2 Å². The molecule has 0 N–H and O–H groups in total. The highest BCUT2D eigenvalue weighted by molar-refractivity contribution is 5.80. The maximum absolute atomic E-state index is 5.19. The van der Waals surface area contributed by atoms with Gasteiger partial charge in [0.1, 0.15) is 5.75 Å². The van der Waals surface area contributed by atoms with E-state index in [4.69, 9.17) is 4.74 Å². The van der Waals surface area contributed by atoms with Crippen LogP contribution >= 0.6 is 0 Å². The van der Waals surface area contributed by atoms with Gasteiger partial charge in [-0.3, -0.25) is 4.98 Å². The molecule has 4 heteroatoms. The van der Waals surface area contributed by atoms with Crippen LogP contribution in [0, 0.1) is 0 Å². The Morgan fingerprint density at radius 1 is 1.28 bits per heavy atom. The third-order valence-corrected chi connectivity index (χ3v) is 2.87. The summed E-state index contributed by atoms with van der Waals surface area (Å²) in [6.45, 7) is 0.787. The van der Waals surface area contributed by atoms with Crippen LogP contribution in [0.25, 0.3) is 10.9 Å². The molecule has 0 radical (unpaired) electrons. The van der Waals surface area contributed by atoms with Gasteiger partial charge in [-0.15, -0.1) is 0 Å². The molecule has 90 valence electrons. The highest BCUT2D eigenvalue weighted by atomic mass is 16.5. The average molecular weight is 239 g/mol. The summed E-state index contributed by atoms with van der Waals surface area (Å²) < 4.78 is 7.21. The first-order valence-electron chi connectivity index (χ1n) is 5.73. The number of pyridine rings is 1. The first kappa shape index (κ1) is 10.8. The van der Waals surface area contributed by atoms with E-state index in [0.717, 1.165) is 28.8 Å². The minimum Gasteiger partial charge on any atom is -0.497 e. The van der Waals surface area contributed by atoms with Gasteiger partial charge in [0, 0.05) is 30.0 Å².